The lowest BCUT2D eigenvalue weighted by Gasteiger charge is -1.98. The highest BCUT2D eigenvalue weighted by atomic mass is 32.1. The number of rotatable bonds is 5. The van der Waals surface area contributed by atoms with Crippen LogP contribution >= 0.6 is 11.3 Å². The van der Waals surface area contributed by atoms with Crippen molar-refractivity contribution in [2.75, 3.05) is 0 Å². The molecule has 7 heteroatoms. The maximum Gasteiger partial charge on any atom is 0.269 e. The van der Waals surface area contributed by atoms with Crippen molar-refractivity contribution in [2.24, 2.45) is 0 Å². The molecule has 0 saturated carbocycles. The topological polar surface area (TPSA) is 85.1 Å². The van der Waals surface area contributed by atoms with Crippen LogP contribution in [0.15, 0.2) is 35.7 Å². The van der Waals surface area contributed by atoms with Crippen LogP contribution in [0.1, 0.15) is 16.3 Å². The number of aromatic nitrogens is 1. The number of nitro groups is 1. The van der Waals surface area contributed by atoms with E-state index in [9.17, 15) is 14.9 Å². The van der Waals surface area contributed by atoms with Gasteiger partial charge in [0.1, 0.15) is 0 Å². The number of nitrogens with one attached hydrogen (secondary N) is 1. The number of carbonyl (C=O) groups is 1. The molecule has 1 aromatic heterocycles. The van der Waals surface area contributed by atoms with Gasteiger partial charge in [-0.05, 0) is 30.7 Å². The van der Waals surface area contributed by atoms with Crippen LogP contribution in [-0.2, 0) is 11.3 Å². The Kier molecular flexibility index (Phi) is 4.78. The van der Waals surface area contributed by atoms with Gasteiger partial charge in [0.25, 0.3) is 5.69 Å². The zero-order chi connectivity index (χ0) is 15.2. The SMILES string of the molecule is Cc1nc(CNC(=O)/C=C/c2ccc([N+](=O)[O-])cc2)cs1. The molecule has 0 aliphatic heterocycles. The smallest absolute Gasteiger partial charge is 0.269 e. The number of benzene rings is 1. The summed E-state index contributed by atoms with van der Waals surface area (Å²) in [5.74, 6) is -0.237. The third kappa shape index (κ3) is 4.50. The number of aryl methyl sites for hydroxylation is 1. The van der Waals surface area contributed by atoms with Crippen molar-refractivity contribution >= 4 is 29.0 Å². The van der Waals surface area contributed by atoms with E-state index in [0.29, 0.717) is 6.54 Å². The summed E-state index contributed by atoms with van der Waals surface area (Å²) in [4.78, 5) is 25.9. The molecule has 0 saturated heterocycles. The largest absolute Gasteiger partial charge is 0.347 e. The fourth-order valence-electron chi connectivity index (χ4n) is 1.61. The van der Waals surface area contributed by atoms with Crippen molar-refractivity contribution in [1.82, 2.24) is 10.3 Å². The first-order valence-corrected chi connectivity index (χ1v) is 7.04. The number of nitrogens with zero attached hydrogens (tertiary/aromatic N) is 2. The van der Waals surface area contributed by atoms with Crippen LogP contribution in [0.3, 0.4) is 0 Å². The Hall–Kier alpha value is -2.54. The number of non-ortho nitro benzene ring substituents is 1. The van der Waals surface area contributed by atoms with Gasteiger partial charge in [-0.15, -0.1) is 11.3 Å². The first-order valence-electron chi connectivity index (χ1n) is 6.16. The second kappa shape index (κ2) is 6.76. The van der Waals surface area contributed by atoms with E-state index in [1.165, 1.54) is 29.5 Å². The molecule has 0 aliphatic carbocycles. The fourth-order valence-corrected chi connectivity index (χ4v) is 2.22. The predicted octanol–water partition coefficient (Wildman–Crippen LogP) is 2.69. The van der Waals surface area contributed by atoms with E-state index in [1.54, 1.807) is 18.2 Å². The van der Waals surface area contributed by atoms with Crippen molar-refractivity contribution in [3.63, 3.8) is 0 Å². The Morgan fingerprint density at radius 2 is 2.14 bits per heavy atom. The van der Waals surface area contributed by atoms with E-state index in [2.05, 4.69) is 10.3 Å². The van der Waals surface area contributed by atoms with E-state index < -0.39 is 4.92 Å². The molecule has 0 bridgehead atoms. The lowest BCUT2D eigenvalue weighted by Crippen LogP contribution is -2.20. The number of hydrogen-bond donors (Lipinski definition) is 1. The Morgan fingerprint density at radius 3 is 2.71 bits per heavy atom. The monoisotopic (exact) mass is 303 g/mol. The van der Waals surface area contributed by atoms with Gasteiger partial charge in [0.15, 0.2) is 0 Å². The second-order valence-electron chi connectivity index (χ2n) is 4.26. The van der Waals surface area contributed by atoms with Gasteiger partial charge in [0, 0.05) is 23.6 Å². The standard InChI is InChI=1S/C14H13N3O3S/c1-10-16-12(9-21-10)8-15-14(18)7-4-11-2-5-13(6-3-11)17(19)20/h2-7,9H,8H2,1H3,(H,15,18)/b7-4+. The number of nitro benzene ring substituents is 1. The van der Waals surface area contributed by atoms with E-state index >= 15 is 0 Å². The summed E-state index contributed by atoms with van der Waals surface area (Å²) in [6.07, 6.45) is 2.99. The van der Waals surface area contributed by atoms with Crippen molar-refractivity contribution in [3.8, 4) is 0 Å². The van der Waals surface area contributed by atoms with Crippen LogP contribution in [0.2, 0.25) is 0 Å². The molecule has 1 N–H and O–H groups in total. The molecule has 1 amide bonds. The molecule has 2 aromatic rings. The van der Waals surface area contributed by atoms with Gasteiger partial charge in [0.05, 0.1) is 22.2 Å². The van der Waals surface area contributed by atoms with E-state index in [1.807, 2.05) is 12.3 Å². The molecule has 0 aliphatic rings. The predicted molar refractivity (Wildman–Crippen MR) is 80.8 cm³/mol. The van der Waals surface area contributed by atoms with Gasteiger partial charge in [-0.2, -0.15) is 0 Å². The van der Waals surface area contributed by atoms with Crippen LogP contribution < -0.4 is 5.32 Å². The highest BCUT2D eigenvalue weighted by Gasteiger charge is 2.03. The first kappa shape index (κ1) is 14.9. The van der Waals surface area contributed by atoms with Gasteiger partial charge in [-0.25, -0.2) is 4.98 Å². The van der Waals surface area contributed by atoms with Crippen LogP contribution in [-0.4, -0.2) is 15.8 Å². The molecule has 1 aromatic carbocycles. The highest BCUT2D eigenvalue weighted by molar-refractivity contribution is 7.09. The average molecular weight is 303 g/mol. The Bertz CT molecular complexity index is 677. The Labute approximate surface area is 125 Å². The number of carbonyl (C=O) groups excluding carboxylic acids is 1. The average Bonchev–Trinajstić information content (AvgIpc) is 2.89. The Morgan fingerprint density at radius 1 is 1.43 bits per heavy atom. The first-order chi connectivity index (χ1) is 10.0. The molecule has 0 atom stereocenters. The number of amides is 1. The van der Waals surface area contributed by atoms with Crippen molar-refractivity contribution in [2.45, 2.75) is 13.5 Å². The minimum atomic E-state index is -0.462. The summed E-state index contributed by atoms with van der Waals surface area (Å²) in [5, 5.41) is 16.1. The number of hydrogen-bond acceptors (Lipinski definition) is 5. The summed E-state index contributed by atoms with van der Waals surface area (Å²) in [5.41, 5.74) is 1.57. The van der Waals surface area contributed by atoms with Crippen LogP contribution in [0.4, 0.5) is 5.69 Å². The number of thiazole rings is 1. The summed E-state index contributed by atoms with van der Waals surface area (Å²) in [6, 6.07) is 5.97. The molecule has 108 valence electrons. The summed E-state index contributed by atoms with van der Waals surface area (Å²) < 4.78 is 0. The third-order valence-corrected chi connectivity index (χ3v) is 3.46. The normalized spacial score (nSPS) is 10.7. The molecular weight excluding hydrogens is 290 g/mol. The summed E-state index contributed by atoms with van der Waals surface area (Å²) in [6.45, 7) is 2.29. The van der Waals surface area contributed by atoms with Crippen molar-refractivity contribution < 1.29 is 9.72 Å². The van der Waals surface area contributed by atoms with Gasteiger partial charge in [0.2, 0.25) is 5.91 Å². The zero-order valence-corrected chi connectivity index (χ0v) is 12.1. The molecule has 21 heavy (non-hydrogen) atoms. The van der Waals surface area contributed by atoms with E-state index in [-0.39, 0.29) is 11.6 Å². The summed E-state index contributed by atoms with van der Waals surface area (Å²) >= 11 is 1.53. The van der Waals surface area contributed by atoms with Crippen LogP contribution in [0.25, 0.3) is 6.08 Å². The van der Waals surface area contributed by atoms with Gasteiger partial charge in [-0.1, -0.05) is 0 Å². The molecular formula is C14H13N3O3S. The Balaban J connectivity index is 1.88. The maximum atomic E-state index is 11.6. The summed E-state index contributed by atoms with van der Waals surface area (Å²) in [7, 11) is 0. The van der Waals surface area contributed by atoms with E-state index in [0.717, 1.165) is 16.3 Å². The maximum absolute atomic E-state index is 11.6. The van der Waals surface area contributed by atoms with E-state index in [4.69, 9.17) is 0 Å². The minimum absolute atomic E-state index is 0.0236. The zero-order valence-electron chi connectivity index (χ0n) is 11.3. The lowest BCUT2D eigenvalue weighted by molar-refractivity contribution is -0.384. The van der Waals surface area contributed by atoms with Crippen LogP contribution in [0.5, 0.6) is 0 Å². The molecule has 2 rings (SSSR count). The molecule has 1 heterocycles. The molecule has 0 radical (unpaired) electrons. The van der Waals surface area contributed by atoms with Crippen molar-refractivity contribution in [1.29, 1.82) is 0 Å². The minimum Gasteiger partial charge on any atom is -0.347 e. The van der Waals surface area contributed by atoms with Gasteiger partial charge >= 0.3 is 0 Å². The molecule has 0 spiro atoms. The second-order valence-corrected chi connectivity index (χ2v) is 5.32. The molecule has 0 unspecified atom stereocenters. The highest BCUT2D eigenvalue weighted by Crippen LogP contribution is 2.12. The fraction of sp³-hybridized carbons (Fsp3) is 0.143. The van der Waals surface area contributed by atoms with Crippen LogP contribution in [0, 0.1) is 17.0 Å². The lowest BCUT2D eigenvalue weighted by atomic mass is 10.2. The quantitative estimate of drug-likeness (QED) is 0.523. The van der Waals surface area contributed by atoms with Gasteiger partial charge in [-0.3, -0.25) is 14.9 Å². The van der Waals surface area contributed by atoms with Gasteiger partial charge < -0.3 is 5.32 Å². The third-order valence-electron chi connectivity index (χ3n) is 2.64. The molecule has 6 nitrogen and oxygen atoms in total. The van der Waals surface area contributed by atoms with Crippen molar-refractivity contribution in [3.05, 3.63) is 62.1 Å². The molecule has 0 fully saturated rings.